The van der Waals surface area contributed by atoms with E-state index in [9.17, 15) is 4.79 Å². The minimum Gasteiger partial charge on any atom is -0.496 e. The van der Waals surface area contributed by atoms with Gasteiger partial charge in [-0.15, -0.1) is 11.3 Å². The van der Waals surface area contributed by atoms with Gasteiger partial charge < -0.3 is 19.5 Å². The number of carbonyl (C=O) groups excluding carboxylic acids is 1. The average molecular weight is 441 g/mol. The number of nitrogens with one attached hydrogen (secondary N) is 1. The maximum Gasteiger partial charge on any atom is 0.408 e. The molecule has 31 heavy (non-hydrogen) atoms. The molecule has 0 spiro atoms. The third-order valence-corrected chi connectivity index (χ3v) is 5.09. The first-order valence-corrected chi connectivity index (χ1v) is 11.0. The Labute approximate surface area is 187 Å². The standard InChI is InChI=1S/C24H28N2O4S/c1-24(2,3)30-23(27)25-14-22-26-20(16-31-22)19-12-11-18(13-21(19)28-4)29-15-17-9-7-5-6-8-10-17/h5,7-13,16H,6,14-15H2,1-4H3,(H,25,27). The first-order valence-electron chi connectivity index (χ1n) is 10.1. The number of alkyl carbamates (subject to hydrolysis) is 1. The summed E-state index contributed by atoms with van der Waals surface area (Å²) in [6.45, 7) is 6.28. The average Bonchev–Trinajstić information content (AvgIpc) is 3.04. The molecule has 0 aliphatic heterocycles. The van der Waals surface area contributed by atoms with E-state index in [1.807, 2.05) is 50.4 Å². The van der Waals surface area contributed by atoms with Crippen molar-refractivity contribution in [1.82, 2.24) is 10.3 Å². The van der Waals surface area contributed by atoms with Gasteiger partial charge in [-0.2, -0.15) is 0 Å². The highest BCUT2D eigenvalue weighted by Gasteiger charge is 2.17. The zero-order chi connectivity index (χ0) is 22.3. The van der Waals surface area contributed by atoms with Crippen LogP contribution in [0.1, 0.15) is 32.2 Å². The number of carbonyl (C=O) groups is 1. The summed E-state index contributed by atoms with van der Waals surface area (Å²) in [5.74, 6) is 1.41. The van der Waals surface area contributed by atoms with Crippen LogP contribution in [0.4, 0.5) is 4.79 Å². The van der Waals surface area contributed by atoms with Crippen LogP contribution in [-0.4, -0.2) is 30.4 Å². The van der Waals surface area contributed by atoms with Gasteiger partial charge in [0.05, 0.1) is 19.3 Å². The van der Waals surface area contributed by atoms with E-state index >= 15 is 0 Å². The Bertz CT molecular complexity index is 999. The molecule has 0 saturated carbocycles. The van der Waals surface area contributed by atoms with Gasteiger partial charge in [0.15, 0.2) is 0 Å². The number of amides is 1. The van der Waals surface area contributed by atoms with E-state index in [-0.39, 0.29) is 0 Å². The number of ether oxygens (including phenoxy) is 3. The molecule has 2 aromatic rings. The maximum absolute atomic E-state index is 11.8. The molecule has 0 saturated heterocycles. The highest BCUT2D eigenvalue weighted by Crippen LogP contribution is 2.34. The molecule has 3 rings (SSSR count). The van der Waals surface area contributed by atoms with E-state index in [1.54, 1.807) is 7.11 Å². The van der Waals surface area contributed by atoms with E-state index in [2.05, 4.69) is 34.6 Å². The number of methoxy groups -OCH3 is 1. The van der Waals surface area contributed by atoms with Crippen molar-refractivity contribution in [2.75, 3.05) is 13.7 Å². The molecule has 0 unspecified atom stereocenters. The van der Waals surface area contributed by atoms with Crippen molar-refractivity contribution in [3.05, 3.63) is 64.5 Å². The Morgan fingerprint density at radius 3 is 2.87 bits per heavy atom. The van der Waals surface area contributed by atoms with Gasteiger partial charge in [-0.25, -0.2) is 9.78 Å². The van der Waals surface area contributed by atoms with Crippen molar-refractivity contribution in [3.63, 3.8) is 0 Å². The predicted molar refractivity (Wildman–Crippen MR) is 124 cm³/mol. The predicted octanol–water partition coefficient (Wildman–Crippen LogP) is 5.66. The van der Waals surface area contributed by atoms with Gasteiger partial charge in [-0.1, -0.05) is 30.4 Å². The summed E-state index contributed by atoms with van der Waals surface area (Å²) in [6.07, 6.45) is 10.9. The molecule has 1 aliphatic carbocycles. The molecule has 1 N–H and O–H groups in total. The Balaban J connectivity index is 1.64. The second-order valence-corrected chi connectivity index (χ2v) is 8.88. The Morgan fingerprint density at radius 2 is 2.10 bits per heavy atom. The number of allylic oxidation sites excluding steroid dienone is 4. The number of aromatic nitrogens is 1. The summed E-state index contributed by atoms with van der Waals surface area (Å²) in [5.41, 5.74) is 2.23. The molecule has 0 atom stereocenters. The highest BCUT2D eigenvalue weighted by atomic mass is 32.1. The first kappa shape index (κ1) is 22.6. The Morgan fingerprint density at radius 1 is 1.26 bits per heavy atom. The number of benzene rings is 1. The summed E-state index contributed by atoms with van der Waals surface area (Å²) in [4.78, 5) is 16.5. The molecule has 1 heterocycles. The molecule has 0 fully saturated rings. The Kier molecular flexibility index (Phi) is 7.52. The second kappa shape index (κ2) is 10.3. The molecule has 0 radical (unpaired) electrons. The quantitative estimate of drug-likeness (QED) is 0.601. The van der Waals surface area contributed by atoms with Gasteiger partial charge in [-0.3, -0.25) is 0 Å². The van der Waals surface area contributed by atoms with Crippen molar-refractivity contribution in [3.8, 4) is 22.8 Å². The molecule has 1 aromatic heterocycles. The lowest BCUT2D eigenvalue weighted by molar-refractivity contribution is 0.0523. The number of hydrogen-bond acceptors (Lipinski definition) is 6. The monoisotopic (exact) mass is 440 g/mol. The van der Waals surface area contributed by atoms with Crippen molar-refractivity contribution >= 4 is 17.4 Å². The van der Waals surface area contributed by atoms with Crippen LogP contribution in [0.25, 0.3) is 11.3 Å². The largest absolute Gasteiger partial charge is 0.496 e. The van der Waals surface area contributed by atoms with Crippen LogP contribution in [0.2, 0.25) is 0 Å². The molecule has 0 bridgehead atoms. The lowest BCUT2D eigenvalue weighted by Gasteiger charge is -2.19. The van der Waals surface area contributed by atoms with Gasteiger partial charge >= 0.3 is 6.09 Å². The smallest absolute Gasteiger partial charge is 0.408 e. The molecule has 1 aromatic carbocycles. The van der Waals surface area contributed by atoms with Gasteiger partial charge in [0.25, 0.3) is 0 Å². The van der Waals surface area contributed by atoms with Gasteiger partial charge in [0.1, 0.15) is 28.7 Å². The van der Waals surface area contributed by atoms with Gasteiger partial charge in [0, 0.05) is 17.0 Å². The van der Waals surface area contributed by atoms with Crippen LogP contribution in [0, 0.1) is 0 Å². The summed E-state index contributed by atoms with van der Waals surface area (Å²) in [7, 11) is 1.63. The molecule has 7 heteroatoms. The number of rotatable bonds is 7. The fourth-order valence-corrected chi connectivity index (χ4v) is 3.57. The van der Waals surface area contributed by atoms with Crippen LogP contribution < -0.4 is 14.8 Å². The third-order valence-electron chi connectivity index (χ3n) is 4.24. The minimum atomic E-state index is -0.533. The molecule has 1 amide bonds. The third kappa shape index (κ3) is 7.00. The molecule has 1 aliphatic rings. The van der Waals surface area contributed by atoms with Gasteiger partial charge in [-0.05, 0) is 44.9 Å². The number of hydrogen-bond donors (Lipinski definition) is 1. The minimum absolute atomic E-state index is 0.306. The fraction of sp³-hybridized carbons (Fsp3) is 0.333. The van der Waals surface area contributed by atoms with Crippen molar-refractivity contribution in [2.45, 2.75) is 39.3 Å². The lowest BCUT2D eigenvalue weighted by atomic mass is 10.1. The maximum atomic E-state index is 11.8. The van der Waals surface area contributed by atoms with E-state index in [0.717, 1.165) is 34.0 Å². The molecule has 164 valence electrons. The first-order chi connectivity index (χ1) is 14.8. The van der Waals surface area contributed by atoms with Crippen LogP contribution in [0.5, 0.6) is 11.5 Å². The van der Waals surface area contributed by atoms with E-state index in [1.165, 1.54) is 11.3 Å². The van der Waals surface area contributed by atoms with E-state index in [4.69, 9.17) is 14.2 Å². The number of nitrogens with zero attached hydrogens (tertiary/aromatic N) is 1. The summed E-state index contributed by atoms with van der Waals surface area (Å²) in [6, 6.07) is 5.71. The summed E-state index contributed by atoms with van der Waals surface area (Å²) >= 11 is 1.47. The Hall–Kier alpha value is -3.06. The van der Waals surface area contributed by atoms with Crippen LogP contribution in [0.3, 0.4) is 0 Å². The molecular weight excluding hydrogens is 412 g/mol. The SMILES string of the molecule is COc1cc(OCC2=CC=CCC=C2)ccc1-c1csc(CNC(=O)OC(C)(C)C)n1. The zero-order valence-corrected chi connectivity index (χ0v) is 19.1. The summed E-state index contributed by atoms with van der Waals surface area (Å²) in [5, 5.41) is 5.45. The van der Waals surface area contributed by atoms with Crippen molar-refractivity contribution < 1.29 is 19.0 Å². The summed E-state index contributed by atoms with van der Waals surface area (Å²) < 4.78 is 16.8. The topological polar surface area (TPSA) is 69.7 Å². The normalized spacial score (nSPS) is 13.4. The van der Waals surface area contributed by atoms with Crippen LogP contribution in [0.15, 0.2) is 59.5 Å². The zero-order valence-electron chi connectivity index (χ0n) is 18.3. The van der Waals surface area contributed by atoms with Crippen LogP contribution in [-0.2, 0) is 11.3 Å². The highest BCUT2D eigenvalue weighted by molar-refractivity contribution is 7.09. The molecular formula is C24H28N2O4S. The lowest BCUT2D eigenvalue weighted by Crippen LogP contribution is -2.32. The van der Waals surface area contributed by atoms with E-state index < -0.39 is 11.7 Å². The van der Waals surface area contributed by atoms with Crippen LogP contribution >= 0.6 is 11.3 Å². The van der Waals surface area contributed by atoms with Crippen molar-refractivity contribution in [1.29, 1.82) is 0 Å². The number of thiazole rings is 1. The molecule has 6 nitrogen and oxygen atoms in total. The van der Waals surface area contributed by atoms with E-state index in [0.29, 0.717) is 18.9 Å². The van der Waals surface area contributed by atoms with Crippen molar-refractivity contribution in [2.24, 2.45) is 0 Å². The fourth-order valence-electron chi connectivity index (χ4n) is 2.84. The van der Waals surface area contributed by atoms with Gasteiger partial charge in [0.2, 0.25) is 0 Å². The second-order valence-electron chi connectivity index (χ2n) is 7.94.